The summed E-state index contributed by atoms with van der Waals surface area (Å²) in [6.45, 7) is 4.36. The molecule has 30 heavy (non-hydrogen) atoms. The van der Waals surface area contributed by atoms with Gasteiger partial charge >= 0.3 is 0 Å². The van der Waals surface area contributed by atoms with E-state index in [0.29, 0.717) is 5.56 Å². The van der Waals surface area contributed by atoms with Crippen LogP contribution in [0.15, 0.2) is 47.6 Å². The van der Waals surface area contributed by atoms with Gasteiger partial charge in [0.05, 0.1) is 27.0 Å². The standard InChI is InChI=1S/C22H28N4O4/c1-29-19-7-8-21(30-2)18(13-19)15-25-9-11-26(12-10-25)16-22(28)24-23-14-17-5-3-4-6-20(17)27/h3-8,13-14,27H,9-12,15-16H2,1-2H3,(H,24,28)/b23-14+. The molecule has 0 saturated carbocycles. The number of ether oxygens (including phenoxy) is 2. The molecule has 1 fully saturated rings. The predicted octanol–water partition coefficient (Wildman–Crippen LogP) is 1.68. The van der Waals surface area contributed by atoms with Gasteiger partial charge < -0.3 is 14.6 Å². The molecule has 0 atom stereocenters. The smallest absolute Gasteiger partial charge is 0.254 e. The second-order valence-corrected chi connectivity index (χ2v) is 7.08. The summed E-state index contributed by atoms with van der Waals surface area (Å²) < 4.78 is 10.8. The molecule has 2 aromatic rings. The Morgan fingerprint density at radius 3 is 2.53 bits per heavy atom. The maximum absolute atomic E-state index is 12.1. The van der Waals surface area contributed by atoms with Gasteiger partial charge in [-0.1, -0.05) is 12.1 Å². The molecular formula is C22H28N4O4. The third kappa shape index (κ3) is 5.95. The number of carbonyl (C=O) groups is 1. The number of phenolic OH excluding ortho intramolecular Hbond substituents is 1. The number of aromatic hydroxyl groups is 1. The van der Waals surface area contributed by atoms with E-state index in [2.05, 4.69) is 20.3 Å². The summed E-state index contributed by atoms with van der Waals surface area (Å²) in [6, 6.07) is 12.6. The Hall–Kier alpha value is -3.10. The number of hydrazone groups is 1. The number of nitrogens with one attached hydrogen (secondary N) is 1. The van der Waals surface area contributed by atoms with E-state index in [0.717, 1.165) is 49.8 Å². The number of nitrogens with zero attached hydrogens (tertiary/aromatic N) is 3. The molecule has 0 aliphatic carbocycles. The number of hydrogen-bond acceptors (Lipinski definition) is 7. The van der Waals surface area contributed by atoms with Gasteiger partial charge in [0.25, 0.3) is 5.91 Å². The molecule has 0 spiro atoms. The van der Waals surface area contributed by atoms with E-state index in [1.165, 1.54) is 6.21 Å². The fourth-order valence-corrected chi connectivity index (χ4v) is 3.36. The van der Waals surface area contributed by atoms with E-state index in [1.54, 1.807) is 38.5 Å². The summed E-state index contributed by atoms with van der Waals surface area (Å²) in [5.74, 6) is 1.61. The lowest BCUT2D eigenvalue weighted by atomic mass is 10.1. The SMILES string of the molecule is COc1ccc(OC)c(CN2CCN(CC(=O)N/N=C/c3ccccc3O)CC2)c1. The van der Waals surface area contributed by atoms with Crippen molar-refractivity contribution < 1.29 is 19.4 Å². The van der Waals surface area contributed by atoms with Gasteiger partial charge in [-0.25, -0.2) is 5.43 Å². The van der Waals surface area contributed by atoms with Gasteiger partial charge in [-0.05, 0) is 30.3 Å². The van der Waals surface area contributed by atoms with Crippen molar-refractivity contribution in [3.8, 4) is 17.2 Å². The molecule has 8 heteroatoms. The fraction of sp³-hybridized carbons (Fsp3) is 0.364. The lowest BCUT2D eigenvalue weighted by Crippen LogP contribution is -2.48. The second kappa shape index (κ2) is 10.6. The molecular weight excluding hydrogens is 384 g/mol. The van der Waals surface area contributed by atoms with Crippen LogP contribution in [-0.4, -0.2) is 74.0 Å². The monoisotopic (exact) mass is 412 g/mol. The molecule has 8 nitrogen and oxygen atoms in total. The van der Waals surface area contributed by atoms with Gasteiger partial charge in [0.15, 0.2) is 0 Å². The molecule has 3 rings (SSSR count). The molecule has 0 aromatic heterocycles. The first-order chi connectivity index (χ1) is 14.6. The van der Waals surface area contributed by atoms with Crippen LogP contribution in [0.2, 0.25) is 0 Å². The van der Waals surface area contributed by atoms with Crippen molar-refractivity contribution in [2.75, 3.05) is 46.9 Å². The van der Waals surface area contributed by atoms with E-state index in [4.69, 9.17) is 9.47 Å². The number of piperazine rings is 1. The van der Waals surface area contributed by atoms with E-state index in [1.807, 2.05) is 18.2 Å². The van der Waals surface area contributed by atoms with E-state index < -0.39 is 0 Å². The van der Waals surface area contributed by atoms with Crippen molar-refractivity contribution in [2.45, 2.75) is 6.54 Å². The predicted molar refractivity (Wildman–Crippen MR) is 115 cm³/mol. The Kier molecular flexibility index (Phi) is 7.64. The zero-order chi connectivity index (χ0) is 21.3. The Morgan fingerprint density at radius 1 is 1.10 bits per heavy atom. The minimum absolute atomic E-state index is 0.124. The van der Waals surface area contributed by atoms with Crippen LogP contribution in [0, 0.1) is 0 Å². The average Bonchev–Trinajstić information content (AvgIpc) is 2.76. The van der Waals surface area contributed by atoms with E-state index in [9.17, 15) is 9.90 Å². The number of phenols is 1. The molecule has 2 N–H and O–H groups in total. The van der Waals surface area contributed by atoms with Crippen LogP contribution in [0.4, 0.5) is 0 Å². The highest BCUT2D eigenvalue weighted by molar-refractivity contribution is 5.85. The van der Waals surface area contributed by atoms with Crippen LogP contribution in [0.5, 0.6) is 17.2 Å². The van der Waals surface area contributed by atoms with Gasteiger partial charge in [0, 0.05) is 43.9 Å². The van der Waals surface area contributed by atoms with Crippen LogP contribution in [0.1, 0.15) is 11.1 Å². The lowest BCUT2D eigenvalue weighted by Gasteiger charge is -2.34. The lowest BCUT2D eigenvalue weighted by molar-refractivity contribution is -0.122. The number of para-hydroxylation sites is 1. The van der Waals surface area contributed by atoms with Crippen molar-refractivity contribution in [3.63, 3.8) is 0 Å². The molecule has 1 saturated heterocycles. The van der Waals surface area contributed by atoms with Crippen molar-refractivity contribution in [1.82, 2.24) is 15.2 Å². The molecule has 2 aromatic carbocycles. The normalized spacial score (nSPS) is 15.3. The summed E-state index contributed by atoms with van der Waals surface area (Å²) in [6.07, 6.45) is 1.44. The first-order valence-electron chi connectivity index (χ1n) is 9.84. The number of hydrogen-bond donors (Lipinski definition) is 2. The Morgan fingerprint density at radius 2 is 1.83 bits per heavy atom. The number of methoxy groups -OCH3 is 2. The number of benzene rings is 2. The highest BCUT2D eigenvalue weighted by Crippen LogP contribution is 2.25. The van der Waals surface area contributed by atoms with Gasteiger partial charge in [-0.3, -0.25) is 14.6 Å². The molecule has 160 valence electrons. The quantitative estimate of drug-likeness (QED) is 0.507. The van der Waals surface area contributed by atoms with Crippen LogP contribution >= 0.6 is 0 Å². The van der Waals surface area contributed by atoms with E-state index in [-0.39, 0.29) is 18.2 Å². The Labute approximate surface area is 176 Å². The number of rotatable bonds is 8. The molecule has 1 amide bonds. The molecule has 0 radical (unpaired) electrons. The largest absolute Gasteiger partial charge is 0.507 e. The highest BCUT2D eigenvalue weighted by atomic mass is 16.5. The minimum Gasteiger partial charge on any atom is -0.507 e. The third-order valence-corrected chi connectivity index (χ3v) is 5.04. The fourth-order valence-electron chi connectivity index (χ4n) is 3.36. The van der Waals surface area contributed by atoms with Gasteiger partial charge in [0.2, 0.25) is 0 Å². The molecule has 0 bridgehead atoms. The number of carbonyl (C=O) groups excluding carboxylic acids is 1. The maximum Gasteiger partial charge on any atom is 0.254 e. The summed E-state index contributed by atoms with van der Waals surface area (Å²) in [5, 5.41) is 13.6. The summed E-state index contributed by atoms with van der Waals surface area (Å²) >= 11 is 0. The van der Waals surface area contributed by atoms with Crippen molar-refractivity contribution in [3.05, 3.63) is 53.6 Å². The molecule has 1 aliphatic rings. The van der Waals surface area contributed by atoms with Crippen LogP contribution in [-0.2, 0) is 11.3 Å². The Balaban J connectivity index is 1.44. The third-order valence-electron chi connectivity index (χ3n) is 5.04. The first-order valence-corrected chi connectivity index (χ1v) is 9.84. The molecule has 1 aliphatic heterocycles. The van der Waals surface area contributed by atoms with Gasteiger partial charge in [0.1, 0.15) is 17.2 Å². The van der Waals surface area contributed by atoms with Crippen molar-refractivity contribution in [1.29, 1.82) is 0 Å². The highest BCUT2D eigenvalue weighted by Gasteiger charge is 2.20. The summed E-state index contributed by atoms with van der Waals surface area (Å²) in [7, 11) is 3.32. The number of amides is 1. The van der Waals surface area contributed by atoms with Crippen LogP contribution in [0.3, 0.4) is 0 Å². The maximum atomic E-state index is 12.1. The zero-order valence-electron chi connectivity index (χ0n) is 17.4. The van der Waals surface area contributed by atoms with Crippen LogP contribution in [0.25, 0.3) is 0 Å². The summed E-state index contributed by atoms with van der Waals surface area (Å²) in [4.78, 5) is 16.6. The zero-order valence-corrected chi connectivity index (χ0v) is 17.4. The molecule has 0 unspecified atom stereocenters. The average molecular weight is 412 g/mol. The minimum atomic E-state index is -0.176. The summed E-state index contributed by atoms with van der Waals surface area (Å²) in [5.41, 5.74) is 4.16. The van der Waals surface area contributed by atoms with Crippen LogP contribution < -0.4 is 14.9 Å². The van der Waals surface area contributed by atoms with Crippen molar-refractivity contribution in [2.24, 2.45) is 5.10 Å². The van der Waals surface area contributed by atoms with Gasteiger partial charge in [-0.15, -0.1) is 0 Å². The van der Waals surface area contributed by atoms with Crippen molar-refractivity contribution >= 4 is 12.1 Å². The topological polar surface area (TPSA) is 86.6 Å². The van der Waals surface area contributed by atoms with E-state index >= 15 is 0 Å². The molecule has 1 heterocycles. The van der Waals surface area contributed by atoms with Gasteiger partial charge in [-0.2, -0.15) is 5.10 Å². The first kappa shape index (κ1) is 21.6. The second-order valence-electron chi connectivity index (χ2n) is 7.08. The Bertz CT molecular complexity index is 879.